The van der Waals surface area contributed by atoms with Crippen LogP contribution in [-0.4, -0.2) is 35.6 Å². The first kappa shape index (κ1) is 39.1. The van der Waals surface area contributed by atoms with Crippen LogP contribution in [0.2, 0.25) is 50.2 Å². The van der Waals surface area contributed by atoms with Crippen LogP contribution in [0.3, 0.4) is 0 Å². The van der Waals surface area contributed by atoms with Crippen molar-refractivity contribution in [2.75, 3.05) is 11.9 Å². The largest absolute Gasteiger partial charge is 0.451 e. The number of nitrogens with zero attached hydrogens (tertiary/aromatic N) is 2. The van der Waals surface area contributed by atoms with E-state index >= 15 is 4.39 Å². The van der Waals surface area contributed by atoms with E-state index in [1.54, 1.807) is 0 Å². The van der Waals surface area contributed by atoms with Crippen LogP contribution in [0.1, 0.15) is 47.0 Å². The molecule has 2 aliphatic heterocycles. The third-order valence-electron chi connectivity index (χ3n) is 7.71. The van der Waals surface area contributed by atoms with E-state index < -0.39 is 142 Å². The van der Waals surface area contributed by atoms with Gasteiger partial charge in [-0.3, -0.25) is 24.1 Å². The molecule has 2 heterocycles. The standard InChI is InChI=1S/C30H6Cl10F4N2O6/c1-3-18(41)20(43)21(44)22(19(3)42)46-29(49)5-7(30(46)50)11(34)24(13(36)9(5)32)52-26-16(39)14(37)25(15(38)17(26)40)51-23-10(33)6-4(8(31)12(23)35)27(47)45(2)28(6)48/h1-2H3. The van der Waals surface area contributed by atoms with Crippen molar-refractivity contribution in [2.45, 2.75) is 6.92 Å². The van der Waals surface area contributed by atoms with Crippen LogP contribution in [0.25, 0.3) is 0 Å². The zero-order chi connectivity index (χ0) is 38.7. The number of rotatable bonds is 5. The Morgan fingerprint density at radius 3 is 1.13 bits per heavy atom. The van der Waals surface area contributed by atoms with Gasteiger partial charge < -0.3 is 9.47 Å². The zero-order valence-electron chi connectivity index (χ0n) is 24.6. The SMILES string of the molecule is Cc1c(F)c(F)c(F)c(N2C(=O)c3c(Cl)c(Cl)c(Oc4c(Cl)c(Cl)c(Oc5c(Cl)c(Cl)c6c(c5Cl)C(=O)N(C)C6=O)c(Cl)c4Cl)c(Cl)c3C2=O)c1F. The molecular weight excluding hydrogens is 915 g/mol. The van der Waals surface area contributed by atoms with Crippen molar-refractivity contribution in [2.24, 2.45) is 0 Å². The highest BCUT2D eigenvalue weighted by Gasteiger charge is 2.47. The van der Waals surface area contributed by atoms with Gasteiger partial charge in [-0.2, -0.15) is 0 Å². The van der Waals surface area contributed by atoms with Crippen LogP contribution >= 0.6 is 116 Å². The molecule has 0 N–H and O–H groups in total. The molecule has 2 aliphatic rings. The van der Waals surface area contributed by atoms with Gasteiger partial charge >= 0.3 is 0 Å². The quantitative estimate of drug-likeness (QED) is 0.0857. The Morgan fingerprint density at radius 2 is 0.731 bits per heavy atom. The van der Waals surface area contributed by atoms with Crippen LogP contribution in [0.4, 0.5) is 23.2 Å². The summed E-state index contributed by atoms with van der Waals surface area (Å²) in [7, 11) is 1.18. The first-order chi connectivity index (χ1) is 24.2. The maximum atomic E-state index is 15.1. The van der Waals surface area contributed by atoms with Gasteiger partial charge in [0.1, 0.15) is 35.8 Å². The number of ether oxygens (including phenoxy) is 2. The van der Waals surface area contributed by atoms with Gasteiger partial charge in [-0.05, 0) is 6.92 Å². The van der Waals surface area contributed by atoms with Gasteiger partial charge in [0.15, 0.2) is 46.3 Å². The summed E-state index contributed by atoms with van der Waals surface area (Å²) in [6.07, 6.45) is 0. The van der Waals surface area contributed by atoms with E-state index in [1.165, 1.54) is 7.05 Å². The van der Waals surface area contributed by atoms with Crippen LogP contribution in [0.15, 0.2) is 0 Å². The number of hydrogen-bond donors (Lipinski definition) is 0. The average Bonchev–Trinajstić information content (AvgIpc) is 3.50. The number of fused-ring (bicyclic) bond motifs is 2. The number of carbonyl (C=O) groups is 4. The molecule has 0 fully saturated rings. The summed E-state index contributed by atoms with van der Waals surface area (Å²) in [5.74, 6) is -15.0. The molecule has 0 spiro atoms. The van der Waals surface area contributed by atoms with Crippen molar-refractivity contribution < 1.29 is 46.2 Å². The lowest BCUT2D eigenvalue weighted by molar-refractivity contribution is 0.0692. The van der Waals surface area contributed by atoms with E-state index in [9.17, 15) is 32.3 Å². The summed E-state index contributed by atoms with van der Waals surface area (Å²) < 4.78 is 69.7. The highest BCUT2D eigenvalue weighted by atomic mass is 35.5. The summed E-state index contributed by atoms with van der Waals surface area (Å²) in [6.45, 7) is 0.740. The smallest absolute Gasteiger partial charge is 0.268 e. The Morgan fingerprint density at radius 1 is 0.423 bits per heavy atom. The Bertz CT molecular complexity index is 2390. The zero-order valence-corrected chi connectivity index (χ0v) is 32.2. The summed E-state index contributed by atoms with van der Waals surface area (Å²) in [5, 5.41) is -5.74. The molecule has 0 bridgehead atoms. The van der Waals surface area contributed by atoms with Gasteiger partial charge in [-0.25, -0.2) is 22.5 Å². The van der Waals surface area contributed by atoms with Crippen LogP contribution in [0, 0.1) is 30.2 Å². The van der Waals surface area contributed by atoms with E-state index in [0.717, 1.165) is 11.8 Å². The number of halogens is 14. The van der Waals surface area contributed by atoms with Gasteiger partial charge in [-0.15, -0.1) is 0 Å². The predicted octanol–water partition coefficient (Wildman–Crippen LogP) is 12.7. The number of amides is 4. The third-order valence-corrected chi connectivity index (χ3v) is 11.7. The fourth-order valence-electron chi connectivity index (χ4n) is 5.11. The predicted molar refractivity (Wildman–Crippen MR) is 188 cm³/mol. The number of imide groups is 2. The van der Waals surface area contributed by atoms with Crippen LogP contribution < -0.4 is 14.4 Å². The molecule has 0 saturated carbocycles. The van der Waals surface area contributed by atoms with Crippen LogP contribution in [-0.2, 0) is 0 Å². The van der Waals surface area contributed by atoms with Crippen molar-refractivity contribution >= 4 is 145 Å². The summed E-state index contributed by atoms with van der Waals surface area (Å²) in [6, 6.07) is 0. The number of carbonyl (C=O) groups excluding carboxylic acids is 4. The minimum Gasteiger partial charge on any atom is -0.451 e. The van der Waals surface area contributed by atoms with Crippen LogP contribution in [0.5, 0.6) is 23.0 Å². The van der Waals surface area contributed by atoms with Crippen molar-refractivity contribution in [3.8, 4) is 23.0 Å². The Labute approximate surface area is 337 Å². The van der Waals surface area contributed by atoms with Crippen molar-refractivity contribution in [3.05, 3.63) is 101 Å². The monoisotopic (exact) mass is 916 g/mol. The molecule has 0 atom stereocenters. The molecule has 8 nitrogen and oxygen atoms in total. The highest BCUT2D eigenvalue weighted by Crippen LogP contribution is 2.57. The van der Waals surface area contributed by atoms with Crippen molar-refractivity contribution in [1.82, 2.24) is 4.90 Å². The molecule has 52 heavy (non-hydrogen) atoms. The molecule has 0 saturated heterocycles. The summed E-state index contributed by atoms with van der Waals surface area (Å²) in [5.41, 5.74) is -4.82. The van der Waals surface area contributed by atoms with E-state index in [1.807, 2.05) is 0 Å². The van der Waals surface area contributed by atoms with E-state index in [4.69, 9.17) is 125 Å². The molecule has 0 radical (unpaired) electrons. The minimum absolute atomic E-state index is 0.147. The van der Waals surface area contributed by atoms with E-state index in [-0.39, 0.29) is 16.0 Å². The molecule has 6 rings (SSSR count). The molecule has 0 aliphatic carbocycles. The van der Waals surface area contributed by atoms with Crippen molar-refractivity contribution in [1.29, 1.82) is 0 Å². The van der Waals surface area contributed by atoms with Gasteiger partial charge in [0.05, 0.1) is 42.3 Å². The fraction of sp³-hybridized carbons (Fsp3) is 0.0667. The number of benzene rings is 4. The minimum atomic E-state index is -2.20. The van der Waals surface area contributed by atoms with Gasteiger partial charge in [0, 0.05) is 12.6 Å². The molecule has 4 amide bonds. The van der Waals surface area contributed by atoms with E-state index in [0.29, 0.717) is 0 Å². The lowest BCUT2D eigenvalue weighted by atomic mass is 10.1. The van der Waals surface area contributed by atoms with E-state index in [2.05, 4.69) is 0 Å². The maximum absolute atomic E-state index is 15.1. The van der Waals surface area contributed by atoms with Crippen molar-refractivity contribution in [3.63, 3.8) is 0 Å². The van der Waals surface area contributed by atoms with Gasteiger partial charge in [-0.1, -0.05) is 116 Å². The molecule has 4 aromatic carbocycles. The summed E-state index contributed by atoms with van der Waals surface area (Å²) >= 11 is 64.1. The Hall–Kier alpha value is -2.62. The fourth-order valence-corrected chi connectivity index (χ4v) is 7.78. The average molecular weight is 921 g/mol. The summed E-state index contributed by atoms with van der Waals surface area (Å²) in [4.78, 5) is 52.7. The normalized spacial score (nSPS) is 13.8. The lowest BCUT2D eigenvalue weighted by Gasteiger charge is -2.20. The molecule has 270 valence electrons. The molecule has 4 aromatic rings. The molecule has 0 unspecified atom stereocenters. The highest BCUT2D eigenvalue weighted by molar-refractivity contribution is 6.53. The third kappa shape index (κ3) is 5.40. The van der Waals surface area contributed by atoms with Gasteiger partial charge in [0.2, 0.25) is 0 Å². The molecule has 0 aromatic heterocycles. The molecule has 22 heteroatoms. The maximum Gasteiger partial charge on any atom is 0.268 e. The second-order valence-corrected chi connectivity index (χ2v) is 14.3. The Balaban J connectivity index is 1.45. The second kappa shape index (κ2) is 13.6. The van der Waals surface area contributed by atoms with Gasteiger partial charge in [0.25, 0.3) is 23.6 Å². The number of hydrogen-bond acceptors (Lipinski definition) is 6. The second-order valence-electron chi connectivity index (χ2n) is 10.5. The molecular formula is C30H6Cl10F4N2O6. The number of anilines is 1. The first-order valence-corrected chi connectivity index (χ1v) is 17.1. The lowest BCUT2D eigenvalue weighted by Crippen LogP contribution is -2.32. The topological polar surface area (TPSA) is 93.2 Å². The first-order valence-electron chi connectivity index (χ1n) is 13.3. The Kier molecular flexibility index (Phi) is 10.2.